The van der Waals surface area contributed by atoms with Crippen molar-refractivity contribution < 1.29 is 13.7 Å². The normalized spacial score (nSPS) is 11.0. The van der Waals surface area contributed by atoms with Crippen LogP contribution in [-0.4, -0.2) is 16.0 Å². The number of furan rings is 1. The zero-order valence-electron chi connectivity index (χ0n) is 12.8. The first-order valence-corrected chi connectivity index (χ1v) is 8.17. The smallest absolute Gasteiger partial charge is 0.290 e. The molecule has 3 heterocycles. The maximum atomic E-state index is 11.9. The minimum atomic E-state index is -0.325. The largest absolute Gasteiger partial charge is 0.457 e. The van der Waals surface area contributed by atoms with Crippen molar-refractivity contribution in [2.24, 2.45) is 0 Å². The molecule has 0 saturated heterocycles. The molecule has 4 rings (SSSR count). The number of nitrogens with one attached hydrogen (secondary N) is 1. The summed E-state index contributed by atoms with van der Waals surface area (Å²) in [6, 6.07) is 13.2. The number of rotatable bonds is 4. The van der Waals surface area contributed by atoms with Crippen molar-refractivity contribution in [2.45, 2.75) is 13.5 Å². The summed E-state index contributed by atoms with van der Waals surface area (Å²) >= 11 is 1.57. The lowest BCUT2D eigenvalue weighted by Gasteiger charge is -1.99. The van der Waals surface area contributed by atoms with E-state index in [-0.39, 0.29) is 18.2 Å². The van der Waals surface area contributed by atoms with Crippen molar-refractivity contribution in [1.29, 1.82) is 0 Å². The lowest BCUT2D eigenvalue weighted by molar-refractivity contribution is 0.0911. The van der Waals surface area contributed by atoms with Gasteiger partial charge in [-0.3, -0.25) is 4.79 Å². The van der Waals surface area contributed by atoms with E-state index in [4.69, 9.17) is 8.94 Å². The maximum Gasteiger partial charge on any atom is 0.290 e. The molecule has 120 valence electrons. The van der Waals surface area contributed by atoms with E-state index in [0.717, 1.165) is 15.2 Å². The van der Waals surface area contributed by atoms with Gasteiger partial charge in [0.05, 0.1) is 22.5 Å². The van der Waals surface area contributed by atoms with Gasteiger partial charge < -0.3 is 14.3 Å². The Labute approximate surface area is 141 Å². The molecule has 0 unspecified atom stereocenters. The Morgan fingerprint density at radius 1 is 1.25 bits per heavy atom. The van der Waals surface area contributed by atoms with Crippen molar-refractivity contribution in [3.63, 3.8) is 0 Å². The fourth-order valence-corrected chi connectivity index (χ4v) is 3.22. The van der Waals surface area contributed by atoms with Gasteiger partial charge >= 0.3 is 0 Å². The molecule has 0 radical (unpaired) electrons. The number of para-hydroxylation sites is 1. The molecule has 0 atom stereocenters. The van der Waals surface area contributed by atoms with Crippen molar-refractivity contribution in [2.75, 3.05) is 0 Å². The molecule has 1 aromatic carbocycles. The third-order valence-corrected chi connectivity index (χ3v) is 4.49. The van der Waals surface area contributed by atoms with Gasteiger partial charge in [-0.05, 0) is 31.2 Å². The predicted molar refractivity (Wildman–Crippen MR) is 89.7 cm³/mol. The Bertz CT molecular complexity index is 982. The summed E-state index contributed by atoms with van der Waals surface area (Å²) < 4.78 is 11.8. The van der Waals surface area contributed by atoms with Crippen LogP contribution in [-0.2, 0) is 6.54 Å². The molecule has 0 spiro atoms. The van der Waals surface area contributed by atoms with Gasteiger partial charge in [0.15, 0.2) is 10.8 Å². The first-order valence-electron chi connectivity index (χ1n) is 7.35. The van der Waals surface area contributed by atoms with Crippen LogP contribution in [0.5, 0.6) is 0 Å². The summed E-state index contributed by atoms with van der Waals surface area (Å²) in [6.45, 7) is 2.03. The topological polar surface area (TPSA) is 81.2 Å². The van der Waals surface area contributed by atoms with Gasteiger partial charge in [0.25, 0.3) is 5.91 Å². The Hall–Kier alpha value is -2.93. The van der Waals surface area contributed by atoms with Crippen LogP contribution in [0.4, 0.5) is 0 Å². The number of aryl methyl sites for hydroxylation is 1. The average Bonchev–Trinajstić information content (AvgIpc) is 3.31. The fraction of sp³-hybridized carbons (Fsp3) is 0.118. The third-order valence-electron chi connectivity index (χ3n) is 3.44. The highest BCUT2D eigenvalue weighted by atomic mass is 32.1. The molecule has 1 amide bonds. The summed E-state index contributed by atoms with van der Waals surface area (Å²) in [5.74, 6) is 1.20. The van der Waals surface area contributed by atoms with Crippen LogP contribution < -0.4 is 5.32 Å². The summed E-state index contributed by atoms with van der Waals surface area (Å²) in [4.78, 5) is 16.5. The number of aromatic nitrogens is 2. The Morgan fingerprint density at radius 3 is 2.92 bits per heavy atom. The number of hydrogen-bond donors (Lipinski definition) is 1. The lowest BCUT2D eigenvalue weighted by Crippen LogP contribution is -2.21. The molecule has 0 bridgehead atoms. The van der Waals surface area contributed by atoms with Crippen molar-refractivity contribution in [3.8, 4) is 10.8 Å². The van der Waals surface area contributed by atoms with E-state index >= 15 is 0 Å². The van der Waals surface area contributed by atoms with E-state index in [1.807, 2.05) is 36.4 Å². The van der Waals surface area contributed by atoms with Crippen LogP contribution in [0, 0.1) is 6.92 Å². The standard InChI is InChI=1S/C17H13N3O3S/c1-10-8-14(23-20-10)16(21)18-9-11-6-7-13(22-11)17-19-12-4-2-3-5-15(12)24-17/h2-8H,9H2,1H3,(H,18,21). The summed E-state index contributed by atoms with van der Waals surface area (Å²) in [5, 5.41) is 7.25. The predicted octanol–water partition coefficient (Wildman–Crippen LogP) is 3.78. The van der Waals surface area contributed by atoms with Gasteiger partial charge in [0.1, 0.15) is 5.76 Å². The summed E-state index contributed by atoms with van der Waals surface area (Å²) in [5.41, 5.74) is 1.61. The van der Waals surface area contributed by atoms with Crippen molar-refractivity contribution >= 4 is 27.5 Å². The quantitative estimate of drug-likeness (QED) is 0.612. The average molecular weight is 339 g/mol. The molecule has 7 heteroatoms. The fourth-order valence-electron chi connectivity index (χ4n) is 2.29. The molecule has 0 aliphatic heterocycles. The van der Waals surface area contributed by atoms with Gasteiger partial charge in [-0.15, -0.1) is 11.3 Å². The maximum absolute atomic E-state index is 11.9. The Morgan fingerprint density at radius 2 is 2.12 bits per heavy atom. The zero-order chi connectivity index (χ0) is 16.5. The van der Waals surface area contributed by atoms with E-state index in [9.17, 15) is 4.79 Å². The second-order valence-electron chi connectivity index (χ2n) is 5.27. The van der Waals surface area contributed by atoms with Crippen LogP contribution in [0.1, 0.15) is 22.0 Å². The molecule has 0 fully saturated rings. The summed E-state index contributed by atoms with van der Waals surface area (Å²) in [7, 11) is 0. The number of thiazole rings is 1. The minimum Gasteiger partial charge on any atom is -0.457 e. The minimum absolute atomic E-state index is 0.186. The van der Waals surface area contributed by atoms with E-state index < -0.39 is 0 Å². The first kappa shape index (κ1) is 14.6. The number of nitrogens with zero attached hydrogens (tertiary/aromatic N) is 2. The highest BCUT2D eigenvalue weighted by Crippen LogP contribution is 2.31. The number of fused-ring (bicyclic) bond motifs is 1. The van der Waals surface area contributed by atoms with Crippen LogP contribution in [0.15, 0.2) is 51.4 Å². The zero-order valence-corrected chi connectivity index (χ0v) is 13.6. The molecule has 0 saturated carbocycles. The Balaban J connectivity index is 1.47. The SMILES string of the molecule is Cc1cc(C(=O)NCc2ccc(-c3nc4ccccc4s3)o2)on1. The van der Waals surface area contributed by atoms with Crippen LogP contribution in [0.2, 0.25) is 0 Å². The van der Waals surface area contributed by atoms with Gasteiger partial charge in [-0.1, -0.05) is 17.3 Å². The highest BCUT2D eigenvalue weighted by molar-refractivity contribution is 7.21. The molecule has 1 N–H and O–H groups in total. The van der Waals surface area contributed by atoms with Gasteiger partial charge in [0, 0.05) is 6.07 Å². The highest BCUT2D eigenvalue weighted by Gasteiger charge is 2.13. The number of benzene rings is 1. The number of hydrogen-bond acceptors (Lipinski definition) is 6. The second-order valence-corrected chi connectivity index (χ2v) is 6.30. The molecule has 6 nitrogen and oxygen atoms in total. The van der Waals surface area contributed by atoms with Crippen LogP contribution in [0.25, 0.3) is 21.0 Å². The van der Waals surface area contributed by atoms with Crippen LogP contribution in [0.3, 0.4) is 0 Å². The molecular formula is C17H13N3O3S. The molecule has 0 aliphatic carbocycles. The first-order chi connectivity index (χ1) is 11.7. The molecule has 24 heavy (non-hydrogen) atoms. The third kappa shape index (κ3) is 2.81. The van der Waals surface area contributed by atoms with E-state index in [1.165, 1.54) is 0 Å². The number of carbonyl (C=O) groups is 1. The number of amides is 1. The molecule has 4 aromatic rings. The van der Waals surface area contributed by atoms with Crippen molar-refractivity contribution in [1.82, 2.24) is 15.5 Å². The van der Waals surface area contributed by atoms with E-state index in [1.54, 1.807) is 24.3 Å². The van der Waals surface area contributed by atoms with Gasteiger partial charge in [0.2, 0.25) is 5.76 Å². The van der Waals surface area contributed by atoms with Gasteiger partial charge in [-0.25, -0.2) is 4.98 Å². The monoisotopic (exact) mass is 339 g/mol. The van der Waals surface area contributed by atoms with Crippen LogP contribution >= 0.6 is 11.3 Å². The lowest BCUT2D eigenvalue weighted by atomic mass is 10.3. The Kier molecular flexibility index (Phi) is 3.62. The van der Waals surface area contributed by atoms with Gasteiger partial charge in [-0.2, -0.15) is 0 Å². The second kappa shape index (κ2) is 5.93. The van der Waals surface area contributed by atoms with E-state index in [2.05, 4.69) is 15.5 Å². The molecule has 3 aromatic heterocycles. The van der Waals surface area contributed by atoms with E-state index in [0.29, 0.717) is 17.2 Å². The molecular weight excluding hydrogens is 326 g/mol. The molecule has 0 aliphatic rings. The number of carbonyl (C=O) groups excluding carboxylic acids is 1. The van der Waals surface area contributed by atoms with Crippen molar-refractivity contribution in [3.05, 3.63) is 59.7 Å². The summed E-state index contributed by atoms with van der Waals surface area (Å²) in [6.07, 6.45) is 0.